The SMILES string of the molecule is CC(=O)N(CCN)c1ccccc1Cl. The number of halogens is 1. The topological polar surface area (TPSA) is 46.3 Å². The maximum absolute atomic E-state index is 11.3. The van der Waals surface area contributed by atoms with Crippen LogP contribution in [0.5, 0.6) is 0 Å². The van der Waals surface area contributed by atoms with Crippen LogP contribution in [-0.2, 0) is 4.79 Å². The molecule has 0 aliphatic heterocycles. The number of hydrogen-bond donors (Lipinski definition) is 1. The Bertz CT molecular complexity index is 328. The predicted molar refractivity (Wildman–Crippen MR) is 58.5 cm³/mol. The van der Waals surface area contributed by atoms with Crippen LogP contribution in [0.15, 0.2) is 24.3 Å². The molecule has 14 heavy (non-hydrogen) atoms. The second-order valence-corrected chi connectivity index (χ2v) is 3.32. The third-order valence-corrected chi connectivity index (χ3v) is 2.20. The van der Waals surface area contributed by atoms with Gasteiger partial charge >= 0.3 is 0 Å². The molecule has 1 rings (SSSR count). The first kappa shape index (κ1) is 11.0. The molecule has 0 fully saturated rings. The van der Waals surface area contributed by atoms with E-state index in [1.54, 1.807) is 17.0 Å². The van der Waals surface area contributed by atoms with Crippen molar-refractivity contribution in [3.63, 3.8) is 0 Å². The Hall–Kier alpha value is -1.06. The molecule has 4 heteroatoms. The van der Waals surface area contributed by atoms with Gasteiger partial charge < -0.3 is 10.6 Å². The highest BCUT2D eigenvalue weighted by molar-refractivity contribution is 6.33. The first-order valence-electron chi connectivity index (χ1n) is 4.39. The van der Waals surface area contributed by atoms with Gasteiger partial charge in [0, 0.05) is 20.0 Å². The van der Waals surface area contributed by atoms with E-state index in [0.717, 1.165) is 0 Å². The molecule has 0 saturated heterocycles. The lowest BCUT2D eigenvalue weighted by molar-refractivity contribution is -0.116. The van der Waals surface area contributed by atoms with Crippen LogP contribution >= 0.6 is 11.6 Å². The van der Waals surface area contributed by atoms with Crippen LogP contribution in [0, 0.1) is 0 Å². The summed E-state index contributed by atoms with van der Waals surface area (Å²) in [6.45, 7) is 2.41. The van der Waals surface area contributed by atoms with Crippen molar-refractivity contribution in [2.75, 3.05) is 18.0 Å². The van der Waals surface area contributed by atoms with Gasteiger partial charge in [-0.25, -0.2) is 0 Å². The molecule has 0 spiro atoms. The summed E-state index contributed by atoms with van der Waals surface area (Å²) in [6, 6.07) is 7.23. The Morgan fingerprint density at radius 3 is 2.64 bits per heavy atom. The zero-order chi connectivity index (χ0) is 10.6. The molecule has 0 bridgehead atoms. The lowest BCUT2D eigenvalue weighted by atomic mass is 10.3. The van der Waals surface area contributed by atoms with Gasteiger partial charge in [-0.1, -0.05) is 23.7 Å². The molecule has 2 N–H and O–H groups in total. The highest BCUT2D eigenvalue weighted by Crippen LogP contribution is 2.24. The Balaban J connectivity index is 2.99. The van der Waals surface area contributed by atoms with Gasteiger partial charge in [0.2, 0.25) is 5.91 Å². The number of carbonyl (C=O) groups is 1. The molecule has 0 aliphatic rings. The second-order valence-electron chi connectivity index (χ2n) is 2.91. The molecule has 1 aromatic carbocycles. The average molecular weight is 213 g/mol. The third kappa shape index (κ3) is 2.47. The quantitative estimate of drug-likeness (QED) is 0.828. The summed E-state index contributed by atoms with van der Waals surface area (Å²) in [5, 5.41) is 0.566. The van der Waals surface area contributed by atoms with Crippen LogP contribution in [0.1, 0.15) is 6.92 Å². The number of anilines is 1. The van der Waals surface area contributed by atoms with Crippen LogP contribution in [-0.4, -0.2) is 19.0 Å². The second kappa shape index (κ2) is 4.98. The molecule has 3 nitrogen and oxygen atoms in total. The lowest BCUT2D eigenvalue weighted by Crippen LogP contribution is -2.33. The molecule has 1 amide bonds. The summed E-state index contributed by atoms with van der Waals surface area (Å²) in [4.78, 5) is 12.9. The van der Waals surface area contributed by atoms with Crippen LogP contribution < -0.4 is 10.6 Å². The number of benzene rings is 1. The zero-order valence-corrected chi connectivity index (χ0v) is 8.79. The molecule has 0 saturated carbocycles. The van der Waals surface area contributed by atoms with Gasteiger partial charge in [0.15, 0.2) is 0 Å². The van der Waals surface area contributed by atoms with Gasteiger partial charge in [-0.2, -0.15) is 0 Å². The summed E-state index contributed by atoms with van der Waals surface area (Å²) in [7, 11) is 0. The number of hydrogen-bond acceptors (Lipinski definition) is 2. The predicted octanol–water partition coefficient (Wildman–Crippen LogP) is 1.65. The Labute approximate surface area is 88.5 Å². The minimum absolute atomic E-state index is 0.0523. The number of carbonyl (C=O) groups excluding carboxylic acids is 1. The summed E-state index contributed by atoms with van der Waals surface area (Å²) < 4.78 is 0. The van der Waals surface area contributed by atoms with E-state index in [0.29, 0.717) is 23.8 Å². The minimum Gasteiger partial charge on any atom is -0.329 e. The van der Waals surface area contributed by atoms with E-state index >= 15 is 0 Å². The van der Waals surface area contributed by atoms with Gasteiger partial charge in [0.1, 0.15) is 0 Å². The zero-order valence-electron chi connectivity index (χ0n) is 8.03. The number of rotatable bonds is 3. The molecule has 0 radical (unpaired) electrons. The van der Waals surface area contributed by atoms with E-state index in [9.17, 15) is 4.79 Å². The fourth-order valence-electron chi connectivity index (χ4n) is 1.25. The first-order chi connectivity index (χ1) is 6.66. The van der Waals surface area contributed by atoms with Gasteiger partial charge in [-0.15, -0.1) is 0 Å². The number of nitrogens with zero attached hydrogens (tertiary/aromatic N) is 1. The molecular formula is C10H13ClN2O. The maximum Gasteiger partial charge on any atom is 0.223 e. The minimum atomic E-state index is -0.0523. The van der Waals surface area contributed by atoms with Crippen molar-refractivity contribution < 1.29 is 4.79 Å². The Kier molecular flexibility index (Phi) is 3.92. The highest BCUT2D eigenvalue weighted by Gasteiger charge is 2.12. The van der Waals surface area contributed by atoms with Crippen molar-refractivity contribution in [1.29, 1.82) is 0 Å². The summed E-state index contributed by atoms with van der Waals surface area (Å²) >= 11 is 5.96. The van der Waals surface area contributed by atoms with Crippen LogP contribution in [0.3, 0.4) is 0 Å². The summed E-state index contributed by atoms with van der Waals surface area (Å²) in [5.74, 6) is -0.0523. The van der Waals surface area contributed by atoms with E-state index in [1.807, 2.05) is 12.1 Å². The number of nitrogens with two attached hydrogens (primary N) is 1. The molecule has 76 valence electrons. The maximum atomic E-state index is 11.3. The fraction of sp³-hybridized carbons (Fsp3) is 0.300. The van der Waals surface area contributed by atoms with Crippen LogP contribution in [0.2, 0.25) is 5.02 Å². The summed E-state index contributed by atoms with van der Waals surface area (Å²) in [6.07, 6.45) is 0. The van der Waals surface area contributed by atoms with E-state index < -0.39 is 0 Å². The average Bonchev–Trinajstić information content (AvgIpc) is 2.15. The molecule has 1 aromatic rings. The van der Waals surface area contributed by atoms with Gasteiger partial charge in [-0.3, -0.25) is 4.79 Å². The monoisotopic (exact) mass is 212 g/mol. The van der Waals surface area contributed by atoms with Crippen LogP contribution in [0.4, 0.5) is 5.69 Å². The van der Waals surface area contributed by atoms with Gasteiger partial charge in [-0.05, 0) is 12.1 Å². The molecular weight excluding hydrogens is 200 g/mol. The van der Waals surface area contributed by atoms with Crippen molar-refractivity contribution in [2.24, 2.45) is 5.73 Å². The smallest absolute Gasteiger partial charge is 0.223 e. The van der Waals surface area contributed by atoms with Crippen molar-refractivity contribution in [3.8, 4) is 0 Å². The third-order valence-electron chi connectivity index (χ3n) is 1.88. The Morgan fingerprint density at radius 2 is 2.14 bits per heavy atom. The number of para-hydroxylation sites is 1. The summed E-state index contributed by atoms with van der Waals surface area (Å²) in [5.41, 5.74) is 6.13. The van der Waals surface area contributed by atoms with E-state index in [2.05, 4.69) is 0 Å². The van der Waals surface area contributed by atoms with Crippen molar-refractivity contribution in [3.05, 3.63) is 29.3 Å². The molecule has 0 aliphatic carbocycles. The molecule has 0 heterocycles. The normalized spacial score (nSPS) is 9.93. The van der Waals surface area contributed by atoms with Crippen molar-refractivity contribution in [1.82, 2.24) is 0 Å². The fourth-order valence-corrected chi connectivity index (χ4v) is 1.49. The molecule has 0 unspecified atom stereocenters. The standard InChI is InChI=1S/C10H13ClN2O/c1-8(14)13(7-6-12)10-5-3-2-4-9(10)11/h2-5H,6-7,12H2,1H3. The van der Waals surface area contributed by atoms with E-state index in [-0.39, 0.29) is 5.91 Å². The van der Waals surface area contributed by atoms with E-state index in [4.69, 9.17) is 17.3 Å². The largest absolute Gasteiger partial charge is 0.329 e. The molecule has 0 aromatic heterocycles. The van der Waals surface area contributed by atoms with Crippen molar-refractivity contribution >= 4 is 23.2 Å². The highest BCUT2D eigenvalue weighted by atomic mass is 35.5. The lowest BCUT2D eigenvalue weighted by Gasteiger charge is -2.21. The first-order valence-corrected chi connectivity index (χ1v) is 4.77. The van der Waals surface area contributed by atoms with Gasteiger partial charge in [0.25, 0.3) is 0 Å². The Morgan fingerprint density at radius 1 is 1.50 bits per heavy atom. The van der Waals surface area contributed by atoms with Crippen molar-refractivity contribution in [2.45, 2.75) is 6.92 Å². The molecule has 0 atom stereocenters. The number of amides is 1. The van der Waals surface area contributed by atoms with Gasteiger partial charge in [0.05, 0.1) is 10.7 Å². The van der Waals surface area contributed by atoms with E-state index in [1.165, 1.54) is 6.92 Å². The van der Waals surface area contributed by atoms with Crippen LogP contribution in [0.25, 0.3) is 0 Å².